The molecule has 4 heterocycles. The van der Waals surface area contributed by atoms with Crippen molar-refractivity contribution in [3.63, 3.8) is 0 Å². The third-order valence-electron chi connectivity index (χ3n) is 6.50. The number of H-pyrrole nitrogens is 2. The van der Waals surface area contributed by atoms with E-state index in [0.29, 0.717) is 33.5 Å². The number of nitrogens with zero attached hydrogens (tertiary/aromatic N) is 3. The molecule has 1 aliphatic carbocycles. The molecule has 0 aliphatic heterocycles. The van der Waals surface area contributed by atoms with E-state index < -0.39 is 5.97 Å². The Balaban J connectivity index is 1.71. The van der Waals surface area contributed by atoms with Gasteiger partial charge in [-0.05, 0) is 66.3 Å². The number of aromatic nitrogens is 5. The summed E-state index contributed by atoms with van der Waals surface area (Å²) in [4.78, 5) is 32.3. The number of aryl methyl sites for hydroxylation is 2. The predicted molar refractivity (Wildman–Crippen MR) is 129 cm³/mol. The lowest BCUT2D eigenvalue weighted by Gasteiger charge is -2.11. The summed E-state index contributed by atoms with van der Waals surface area (Å²) >= 11 is 6.24. The zero-order chi connectivity index (χ0) is 23.6. The molecule has 0 bridgehead atoms. The maximum atomic E-state index is 12.8. The highest BCUT2D eigenvalue weighted by Crippen LogP contribution is 2.38. The average molecular weight is 475 g/mol. The Kier molecular flexibility index (Phi) is 4.50. The normalized spacial score (nSPS) is 13.1. The molecule has 0 saturated heterocycles. The van der Waals surface area contributed by atoms with Crippen molar-refractivity contribution in [1.82, 2.24) is 24.7 Å². The second-order valence-corrected chi connectivity index (χ2v) is 8.85. The van der Waals surface area contributed by atoms with E-state index in [4.69, 9.17) is 17.3 Å². The lowest BCUT2D eigenvalue weighted by molar-refractivity contribution is 0.0687. The Labute approximate surface area is 197 Å². The quantitative estimate of drug-likeness (QED) is 0.292. The van der Waals surface area contributed by atoms with Gasteiger partial charge in [-0.2, -0.15) is 5.10 Å². The minimum atomic E-state index is -1.13. The molecule has 5 aromatic rings. The summed E-state index contributed by atoms with van der Waals surface area (Å²) in [6, 6.07) is 9.08. The zero-order valence-corrected chi connectivity index (χ0v) is 18.6. The number of aromatic carboxylic acids is 1. The van der Waals surface area contributed by atoms with Crippen LogP contribution in [0.1, 0.15) is 33.6 Å². The molecule has 0 atom stereocenters. The molecule has 4 aromatic heterocycles. The minimum absolute atomic E-state index is 0.0264. The van der Waals surface area contributed by atoms with Gasteiger partial charge in [-0.15, -0.1) is 0 Å². The Bertz CT molecular complexity index is 1700. The third-order valence-corrected chi connectivity index (χ3v) is 6.69. The zero-order valence-electron chi connectivity index (χ0n) is 17.9. The van der Waals surface area contributed by atoms with E-state index in [-0.39, 0.29) is 23.0 Å². The number of aromatic amines is 2. The Hall–Kier alpha value is -4.11. The second-order valence-electron chi connectivity index (χ2n) is 8.46. The van der Waals surface area contributed by atoms with Crippen molar-refractivity contribution in [2.24, 2.45) is 0 Å². The van der Waals surface area contributed by atoms with Crippen LogP contribution in [0.5, 0.6) is 0 Å². The molecule has 34 heavy (non-hydrogen) atoms. The first-order valence-corrected chi connectivity index (χ1v) is 11.2. The topological polar surface area (TPSA) is 143 Å². The highest BCUT2D eigenvalue weighted by molar-refractivity contribution is 6.30. The first kappa shape index (κ1) is 20.5. The van der Waals surface area contributed by atoms with E-state index >= 15 is 0 Å². The van der Waals surface area contributed by atoms with E-state index in [1.54, 1.807) is 22.8 Å². The fourth-order valence-electron chi connectivity index (χ4n) is 5.08. The summed E-state index contributed by atoms with van der Waals surface area (Å²) in [5.74, 6) is -0.811. The molecule has 5 N–H and O–H groups in total. The Morgan fingerprint density at radius 3 is 2.79 bits per heavy atom. The van der Waals surface area contributed by atoms with Crippen molar-refractivity contribution in [1.29, 1.82) is 0 Å². The number of rotatable bonds is 4. The summed E-state index contributed by atoms with van der Waals surface area (Å²) in [6.07, 6.45) is 4.43. The van der Waals surface area contributed by atoms with Crippen molar-refractivity contribution >= 4 is 45.3 Å². The molecule has 1 aromatic carbocycles. The molecule has 6 rings (SSSR count). The van der Waals surface area contributed by atoms with Crippen LogP contribution in [0, 0.1) is 0 Å². The molecule has 0 radical (unpaired) electrons. The predicted octanol–water partition coefficient (Wildman–Crippen LogP) is 3.74. The van der Waals surface area contributed by atoms with Crippen LogP contribution in [-0.2, 0) is 19.4 Å². The highest BCUT2D eigenvalue weighted by atomic mass is 35.5. The molecule has 0 amide bonds. The molecular formula is C24H19ClN6O3. The van der Waals surface area contributed by atoms with Gasteiger partial charge >= 0.3 is 5.97 Å². The maximum Gasteiger partial charge on any atom is 0.353 e. The molecule has 0 fully saturated rings. The van der Waals surface area contributed by atoms with Gasteiger partial charge in [0, 0.05) is 34.8 Å². The summed E-state index contributed by atoms with van der Waals surface area (Å²) < 4.78 is 1.72. The standard InChI is InChI=1S/C24H19ClN6O3/c25-17-9-13(18-21(26)29-30-22(18)28-17)10-31-16-8-12-4-1-3-11(12)7-15(16)19(20(31)24(33)34)14-5-2-6-27-23(14)32/h2,5-9H,1,3-4,10H2,(H,27,32)(H,33,34)(H3,26,28,29,30). The van der Waals surface area contributed by atoms with Crippen LogP contribution in [-0.4, -0.2) is 35.8 Å². The van der Waals surface area contributed by atoms with Crippen LogP contribution in [0.3, 0.4) is 0 Å². The number of nitrogen functional groups attached to an aromatic ring is 1. The SMILES string of the molecule is Nc1[nH]nc2nc(Cl)cc(Cn3c(C(=O)O)c(-c4ccc[nH]c4=O)c4cc5c(cc43)CCC5)c12. The van der Waals surface area contributed by atoms with E-state index in [1.165, 1.54) is 17.3 Å². The molecule has 170 valence electrons. The number of nitrogens with one attached hydrogen (secondary N) is 2. The number of hydrogen-bond acceptors (Lipinski definition) is 5. The van der Waals surface area contributed by atoms with Crippen molar-refractivity contribution in [2.75, 3.05) is 5.73 Å². The summed E-state index contributed by atoms with van der Waals surface area (Å²) in [6.45, 7) is 0.157. The van der Waals surface area contributed by atoms with Crippen LogP contribution in [0.2, 0.25) is 5.15 Å². The van der Waals surface area contributed by atoms with Gasteiger partial charge in [0.1, 0.15) is 16.7 Å². The fourth-order valence-corrected chi connectivity index (χ4v) is 5.29. The number of anilines is 1. The Morgan fingerprint density at radius 2 is 2.03 bits per heavy atom. The van der Waals surface area contributed by atoms with Gasteiger partial charge in [0.25, 0.3) is 5.56 Å². The summed E-state index contributed by atoms with van der Waals surface area (Å²) in [5.41, 5.74) is 10.6. The van der Waals surface area contributed by atoms with Gasteiger partial charge in [0.2, 0.25) is 0 Å². The number of halogens is 1. The van der Waals surface area contributed by atoms with Crippen molar-refractivity contribution in [2.45, 2.75) is 25.8 Å². The Morgan fingerprint density at radius 1 is 1.24 bits per heavy atom. The third kappa shape index (κ3) is 3.01. The number of carboxylic acids is 1. The van der Waals surface area contributed by atoms with Crippen LogP contribution in [0.15, 0.2) is 41.3 Å². The monoisotopic (exact) mass is 474 g/mol. The largest absolute Gasteiger partial charge is 0.477 e. The average Bonchev–Trinajstić information content (AvgIpc) is 3.49. The number of carboxylic acid groups (broad SMARTS) is 1. The highest BCUT2D eigenvalue weighted by Gasteiger charge is 2.28. The van der Waals surface area contributed by atoms with Crippen molar-refractivity contribution < 1.29 is 9.90 Å². The van der Waals surface area contributed by atoms with Crippen LogP contribution < -0.4 is 11.3 Å². The molecular weight excluding hydrogens is 456 g/mol. The maximum absolute atomic E-state index is 12.8. The molecule has 1 aliphatic rings. The van der Waals surface area contributed by atoms with Crippen LogP contribution in [0.25, 0.3) is 33.1 Å². The number of carbonyl (C=O) groups is 1. The number of pyridine rings is 2. The second kappa shape index (κ2) is 7.46. The molecule has 10 heteroatoms. The number of benzene rings is 1. The van der Waals surface area contributed by atoms with Gasteiger partial charge in [-0.1, -0.05) is 11.6 Å². The first-order chi connectivity index (χ1) is 16.4. The number of fused-ring (bicyclic) bond motifs is 3. The lowest BCUT2D eigenvalue weighted by Crippen LogP contribution is -2.14. The lowest BCUT2D eigenvalue weighted by atomic mass is 10.00. The molecule has 0 saturated carbocycles. The van der Waals surface area contributed by atoms with Crippen molar-refractivity contribution in [3.8, 4) is 11.1 Å². The van der Waals surface area contributed by atoms with E-state index in [2.05, 4.69) is 20.2 Å². The van der Waals surface area contributed by atoms with E-state index in [1.807, 2.05) is 12.1 Å². The van der Waals surface area contributed by atoms with Gasteiger partial charge in [-0.25, -0.2) is 9.78 Å². The van der Waals surface area contributed by atoms with Gasteiger partial charge in [0.05, 0.1) is 5.39 Å². The van der Waals surface area contributed by atoms with Gasteiger partial charge in [-0.3, -0.25) is 9.89 Å². The smallest absolute Gasteiger partial charge is 0.353 e. The minimum Gasteiger partial charge on any atom is -0.477 e. The van der Waals surface area contributed by atoms with E-state index in [0.717, 1.165) is 30.2 Å². The molecule has 9 nitrogen and oxygen atoms in total. The van der Waals surface area contributed by atoms with Gasteiger partial charge in [0.15, 0.2) is 5.65 Å². The first-order valence-electron chi connectivity index (χ1n) is 10.8. The fraction of sp³-hybridized carbons (Fsp3) is 0.167. The summed E-state index contributed by atoms with van der Waals surface area (Å²) in [7, 11) is 0. The van der Waals surface area contributed by atoms with Crippen LogP contribution in [0.4, 0.5) is 5.82 Å². The number of hydrogen-bond donors (Lipinski definition) is 4. The molecule has 0 spiro atoms. The van der Waals surface area contributed by atoms with E-state index in [9.17, 15) is 14.7 Å². The van der Waals surface area contributed by atoms with Crippen LogP contribution >= 0.6 is 11.6 Å². The number of nitrogens with two attached hydrogens (primary N) is 1. The van der Waals surface area contributed by atoms with Gasteiger partial charge < -0.3 is 20.4 Å². The molecule has 0 unspecified atom stereocenters. The summed E-state index contributed by atoms with van der Waals surface area (Å²) in [5, 5.41) is 18.7. The van der Waals surface area contributed by atoms with Crippen molar-refractivity contribution in [3.05, 3.63) is 74.4 Å².